The summed E-state index contributed by atoms with van der Waals surface area (Å²) in [7, 11) is 0. The minimum absolute atomic E-state index is 0.174. The number of allylic oxidation sites excluding steroid dienone is 1. The lowest BCUT2D eigenvalue weighted by Crippen LogP contribution is -1.98. The number of hydrogen-bond acceptors (Lipinski definition) is 3. The number of halogens is 1. The van der Waals surface area contributed by atoms with E-state index in [0.29, 0.717) is 16.3 Å². The molecule has 2 N–H and O–H groups in total. The molecular formula is C9H7ClN2S. The van der Waals surface area contributed by atoms with E-state index in [9.17, 15) is 0 Å². The number of nitrogens with zero attached hydrogens (tertiary/aromatic N) is 1. The molecule has 0 saturated carbocycles. The van der Waals surface area contributed by atoms with Crippen LogP contribution in [0.25, 0.3) is 5.70 Å². The molecule has 66 valence electrons. The predicted octanol–water partition coefficient (Wildman–Crippen LogP) is 2.42. The quantitative estimate of drug-likeness (QED) is 0.553. The second-order valence-electron chi connectivity index (χ2n) is 2.35. The monoisotopic (exact) mass is 210 g/mol. The maximum absolute atomic E-state index is 8.55. The first-order valence-corrected chi connectivity index (χ1v) is 4.33. The predicted molar refractivity (Wildman–Crippen MR) is 57.2 cm³/mol. The fraction of sp³-hybridized carbons (Fsp3) is 0. The van der Waals surface area contributed by atoms with Gasteiger partial charge >= 0.3 is 0 Å². The molecular weight excluding hydrogens is 204 g/mol. The molecule has 1 aromatic carbocycles. The first-order chi connectivity index (χ1) is 6.16. The molecule has 0 aliphatic heterocycles. The zero-order valence-electron chi connectivity index (χ0n) is 6.66. The van der Waals surface area contributed by atoms with Crippen molar-refractivity contribution in [1.29, 1.82) is 5.26 Å². The van der Waals surface area contributed by atoms with E-state index < -0.39 is 0 Å². The van der Waals surface area contributed by atoms with Crippen molar-refractivity contribution in [2.24, 2.45) is 5.73 Å². The summed E-state index contributed by atoms with van der Waals surface area (Å²) in [6, 6.07) is 8.90. The maximum Gasteiger partial charge on any atom is 0.108 e. The minimum atomic E-state index is 0.174. The van der Waals surface area contributed by atoms with Gasteiger partial charge in [-0.1, -0.05) is 29.8 Å². The van der Waals surface area contributed by atoms with E-state index in [1.165, 1.54) is 0 Å². The molecule has 0 fully saturated rings. The van der Waals surface area contributed by atoms with Crippen LogP contribution in [0.1, 0.15) is 5.56 Å². The normalized spacial score (nSPS) is 11.8. The van der Waals surface area contributed by atoms with Crippen molar-refractivity contribution in [3.63, 3.8) is 0 Å². The second-order valence-corrected chi connectivity index (χ2v) is 3.21. The highest BCUT2D eigenvalue weighted by molar-refractivity contribution is 7.85. The molecule has 0 aromatic heterocycles. The molecule has 0 amide bonds. The van der Waals surface area contributed by atoms with Crippen molar-refractivity contribution in [3.8, 4) is 6.07 Å². The second kappa shape index (κ2) is 4.22. The molecule has 0 radical (unpaired) electrons. The molecule has 1 aromatic rings. The van der Waals surface area contributed by atoms with Gasteiger partial charge in [-0.25, -0.2) is 0 Å². The lowest BCUT2D eigenvalue weighted by molar-refractivity contribution is 1.48. The molecule has 0 aliphatic rings. The average molecular weight is 211 g/mol. The number of nitrogens with two attached hydrogens (primary N) is 1. The molecule has 0 bridgehead atoms. The van der Waals surface area contributed by atoms with E-state index in [1.807, 2.05) is 6.07 Å². The van der Waals surface area contributed by atoms with Crippen molar-refractivity contribution in [2.45, 2.75) is 0 Å². The molecule has 0 heterocycles. The summed E-state index contributed by atoms with van der Waals surface area (Å²) in [5, 5.41) is 9.07. The third-order valence-electron chi connectivity index (χ3n) is 1.53. The van der Waals surface area contributed by atoms with Crippen molar-refractivity contribution in [3.05, 3.63) is 39.8 Å². The van der Waals surface area contributed by atoms with Crippen molar-refractivity contribution >= 4 is 29.9 Å². The third kappa shape index (κ3) is 2.18. The van der Waals surface area contributed by atoms with E-state index in [1.54, 1.807) is 24.3 Å². The highest BCUT2D eigenvalue weighted by atomic mass is 35.5. The smallest absolute Gasteiger partial charge is 0.108 e. The topological polar surface area (TPSA) is 49.8 Å². The summed E-state index contributed by atoms with van der Waals surface area (Å²) in [5.74, 6) is 0. The summed E-state index contributed by atoms with van der Waals surface area (Å²) >= 11 is 9.78. The summed E-state index contributed by atoms with van der Waals surface area (Å²) in [4.78, 5) is 0.174. The largest absolute Gasteiger partial charge is 0.397 e. The molecule has 0 atom stereocenters. The Morgan fingerprint density at radius 3 is 2.62 bits per heavy atom. The first kappa shape index (κ1) is 9.97. The lowest BCUT2D eigenvalue weighted by Gasteiger charge is -2.03. The molecule has 2 nitrogen and oxygen atoms in total. The fourth-order valence-corrected chi connectivity index (χ4v) is 1.23. The molecule has 0 aliphatic carbocycles. The molecule has 0 saturated heterocycles. The number of nitriles is 1. The van der Waals surface area contributed by atoms with Crippen LogP contribution in [0.4, 0.5) is 0 Å². The van der Waals surface area contributed by atoms with Gasteiger partial charge in [-0.15, -0.1) is 12.6 Å². The summed E-state index contributed by atoms with van der Waals surface area (Å²) in [6.45, 7) is 0. The van der Waals surface area contributed by atoms with Crippen LogP contribution in [-0.2, 0) is 0 Å². The van der Waals surface area contributed by atoms with Gasteiger partial charge in [-0.3, -0.25) is 0 Å². The number of benzene rings is 1. The van der Waals surface area contributed by atoms with Crippen LogP contribution in [0.5, 0.6) is 0 Å². The molecule has 4 heteroatoms. The van der Waals surface area contributed by atoms with Crippen molar-refractivity contribution in [2.75, 3.05) is 0 Å². The molecule has 13 heavy (non-hydrogen) atoms. The lowest BCUT2D eigenvalue weighted by atomic mass is 10.1. The van der Waals surface area contributed by atoms with Crippen LogP contribution in [-0.4, -0.2) is 0 Å². The van der Waals surface area contributed by atoms with Gasteiger partial charge in [0.2, 0.25) is 0 Å². The van der Waals surface area contributed by atoms with Gasteiger partial charge in [0, 0.05) is 10.6 Å². The number of hydrogen-bond donors (Lipinski definition) is 2. The molecule has 0 unspecified atom stereocenters. The Balaban J connectivity index is 3.26. The van der Waals surface area contributed by atoms with Gasteiger partial charge in [-0.05, 0) is 6.07 Å². The Morgan fingerprint density at radius 1 is 1.46 bits per heavy atom. The van der Waals surface area contributed by atoms with Crippen molar-refractivity contribution in [1.82, 2.24) is 0 Å². The van der Waals surface area contributed by atoms with Gasteiger partial charge in [0.05, 0.1) is 5.70 Å². The van der Waals surface area contributed by atoms with E-state index in [4.69, 9.17) is 22.6 Å². The van der Waals surface area contributed by atoms with Crippen LogP contribution in [0.15, 0.2) is 29.2 Å². The van der Waals surface area contributed by atoms with Crippen LogP contribution in [0, 0.1) is 11.3 Å². The van der Waals surface area contributed by atoms with E-state index >= 15 is 0 Å². The summed E-state index contributed by atoms with van der Waals surface area (Å²) in [6.07, 6.45) is 0. The van der Waals surface area contributed by atoms with Crippen LogP contribution < -0.4 is 5.73 Å². The van der Waals surface area contributed by atoms with Crippen LogP contribution in [0.2, 0.25) is 5.02 Å². The Hall–Kier alpha value is -1.11. The SMILES string of the molecule is N#C/C(S)=C(/N)c1ccccc1Cl. The Kier molecular flexibility index (Phi) is 3.24. The first-order valence-electron chi connectivity index (χ1n) is 3.50. The number of thiol groups is 1. The number of rotatable bonds is 1. The zero-order chi connectivity index (χ0) is 9.84. The molecule has 1 rings (SSSR count). The Bertz CT molecular complexity index is 393. The van der Waals surface area contributed by atoms with Gasteiger partial charge in [0.15, 0.2) is 0 Å². The van der Waals surface area contributed by atoms with E-state index in [2.05, 4.69) is 12.6 Å². The fourth-order valence-electron chi connectivity index (χ4n) is 0.867. The van der Waals surface area contributed by atoms with E-state index in [-0.39, 0.29) is 4.91 Å². The van der Waals surface area contributed by atoms with Gasteiger partial charge in [0.1, 0.15) is 11.0 Å². The zero-order valence-corrected chi connectivity index (χ0v) is 8.31. The van der Waals surface area contributed by atoms with Gasteiger partial charge in [-0.2, -0.15) is 5.26 Å². The van der Waals surface area contributed by atoms with Crippen LogP contribution >= 0.6 is 24.2 Å². The third-order valence-corrected chi connectivity index (χ3v) is 2.20. The summed E-state index contributed by atoms with van der Waals surface area (Å²) < 4.78 is 0. The standard InChI is InChI=1S/C9H7ClN2S/c10-7-4-2-1-3-6(7)9(12)8(13)5-11/h1-4,13H,12H2/b9-8-. The van der Waals surface area contributed by atoms with E-state index in [0.717, 1.165) is 0 Å². The minimum Gasteiger partial charge on any atom is -0.397 e. The van der Waals surface area contributed by atoms with Crippen molar-refractivity contribution < 1.29 is 0 Å². The average Bonchev–Trinajstić information content (AvgIpc) is 2.16. The highest BCUT2D eigenvalue weighted by Gasteiger charge is 2.05. The maximum atomic E-state index is 8.55. The Labute approximate surface area is 87.0 Å². The molecule has 0 spiro atoms. The van der Waals surface area contributed by atoms with Gasteiger partial charge < -0.3 is 5.73 Å². The summed E-state index contributed by atoms with van der Waals surface area (Å²) in [5.41, 5.74) is 6.58. The van der Waals surface area contributed by atoms with Gasteiger partial charge in [0.25, 0.3) is 0 Å². The highest BCUT2D eigenvalue weighted by Crippen LogP contribution is 2.23. The Morgan fingerprint density at radius 2 is 2.08 bits per heavy atom. The van der Waals surface area contributed by atoms with Crippen LogP contribution in [0.3, 0.4) is 0 Å².